The molecule has 1 heterocycles. The van der Waals surface area contributed by atoms with Crippen LogP contribution in [0.15, 0.2) is 24.4 Å². The molecule has 0 fully saturated rings. The van der Waals surface area contributed by atoms with E-state index in [4.69, 9.17) is 0 Å². The first-order valence-corrected chi connectivity index (χ1v) is 7.28. The topological polar surface area (TPSA) is 25.2 Å². The lowest BCUT2D eigenvalue weighted by molar-refractivity contribution is -0.147. The van der Waals surface area contributed by atoms with Gasteiger partial charge in [-0.25, -0.2) is 17.6 Å². The highest BCUT2D eigenvalue weighted by Gasteiger charge is 2.50. The Kier molecular flexibility index (Phi) is 4.09. The number of aromatic nitrogens is 1. The van der Waals surface area contributed by atoms with Crippen LogP contribution in [0.25, 0.3) is 5.69 Å². The third-order valence-electron chi connectivity index (χ3n) is 4.28. The van der Waals surface area contributed by atoms with Crippen molar-refractivity contribution in [3.05, 3.63) is 52.6 Å². The summed E-state index contributed by atoms with van der Waals surface area (Å²) in [5.74, 6) is -4.55. The predicted octanol–water partition coefficient (Wildman–Crippen LogP) is 4.72. The molecule has 2 aromatic rings. The average Bonchev–Trinajstić information content (AvgIpc) is 2.92. The van der Waals surface area contributed by atoms with Gasteiger partial charge in [-0.2, -0.15) is 13.2 Å². The van der Waals surface area contributed by atoms with Crippen LogP contribution in [0.4, 0.5) is 30.7 Å². The van der Waals surface area contributed by atoms with E-state index in [2.05, 4.69) is 0 Å². The number of aliphatic hydroxyl groups is 1. The van der Waals surface area contributed by atoms with E-state index in [1.807, 2.05) is 0 Å². The Hall–Kier alpha value is -2.03. The van der Waals surface area contributed by atoms with Gasteiger partial charge in [0.25, 0.3) is 5.92 Å². The zero-order valence-corrected chi connectivity index (χ0v) is 12.5. The Labute approximate surface area is 137 Å². The molecule has 0 saturated carbocycles. The summed E-state index contributed by atoms with van der Waals surface area (Å²) in [4.78, 5) is 0. The van der Waals surface area contributed by atoms with E-state index >= 15 is 0 Å². The fraction of sp³-hybridized carbons (Fsp3) is 0.375. The van der Waals surface area contributed by atoms with Crippen LogP contribution in [0.2, 0.25) is 0 Å². The highest BCUT2D eigenvalue weighted by Crippen LogP contribution is 2.48. The fourth-order valence-corrected chi connectivity index (χ4v) is 3.02. The van der Waals surface area contributed by atoms with Crippen molar-refractivity contribution < 1.29 is 35.8 Å². The second kappa shape index (κ2) is 5.76. The van der Waals surface area contributed by atoms with E-state index in [9.17, 15) is 35.8 Å². The fourth-order valence-electron chi connectivity index (χ4n) is 3.02. The number of nitrogens with zero attached hydrogens (tertiary/aromatic N) is 1. The molecule has 1 unspecified atom stereocenters. The number of benzene rings is 1. The van der Waals surface area contributed by atoms with Gasteiger partial charge in [-0.1, -0.05) is 0 Å². The molecule has 9 heteroatoms. The Balaban J connectivity index is 2.24. The highest BCUT2D eigenvalue weighted by molar-refractivity contribution is 5.47. The van der Waals surface area contributed by atoms with E-state index in [0.717, 1.165) is 22.8 Å². The van der Waals surface area contributed by atoms with Crippen LogP contribution in [-0.2, 0) is 19.3 Å². The lowest BCUT2D eigenvalue weighted by Gasteiger charge is -2.29. The molecular weight excluding hydrogens is 355 g/mol. The summed E-state index contributed by atoms with van der Waals surface area (Å²) in [5.41, 5.74) is -2.80. The Bertz CT molecular complexity index is 810. The zero-order valence-electron chi connectivity index (χ0n) is 12.5. The summed E-state index contributed by atoms with van der Waals surface area (Å²) in [6.45, 7) is -1.17. The van der Waals surface area contributed by atoms with Crippen molar-refractivity contribution in [1.82, 2.24) is 4.57 Å². The molecule has 1 aromatic heterocycles. The van der Waals surface area contributed by atoms with Gasteiger partial charge in [-0.3, -0.25) is 0 Å². The zero-order chi connectivity index (χ0) is 18.6. The first-order chi connectivity index (χ1) is 11.6. The molecule has 1 aromatic carbocycles. The molecule has 0 spiro atoms. The van der Waals surface area contributed by atoms with Crippen LogP contribution >= 0.6 is 0 Å². The van der Waals surface area contributed by atoms with Crippen LogP contribution in [0.5, 0.6) is 0 Å². The minimum absolute atomic E-state index is 0.00165. The summed E-state index contributed by atoms with van der Waals surface area (Å²) < 4.78 is 94.3. The van der Waals surface area contributed by atoms with Gasteiger partial charge in [-0.15, -0.1) is 0 Å². The SMILES string of the molecule is OC1c2c(C(F)(F)F)cn(-c3ccc(F)c(CF)c3)c2CCC1(F)F. The molecular formula is C16H12F7NO. The number of hydrogen-bond acceptors (Lipinski definition) is 1. The summed E-state index contributed by atoms with van der Waals surface area (Å²) >= 11 is 0. The Morgan fingerprint density at radius 1 is 1.24 bits per heavy atom. The van der Waals surface area contributed by atoms with Crippen molar-refractivity contribution in [2.45, 2.75) is 37.7 Å². The molecule has 3 rings (SSSR count). The molecule has 0 saturated heterocycles. The molecule has 1 aliphatic carbocycles. The van der Waals surface area contributed by atoms with Crippen molar-refractivity contribution in [3.8, 4) is 5.69 Å². The number of aliphatic hydroxyl groups excluding tert-OH is 1. The summed E-state index contributed by atoms with van der Waals surface area (Å²) in [6.07, 6.45) is -8.25. The molecule has 2 nitrogen and oxygen atoms in total. The smallest absolute Gasteiger partial charge is 0.382 e. The maximum Gasteiger partial charge on any atom is 0.418 e. The van der Waals surface area contributed by atoms with Crippen molar-refractivity contribution in [2.75, 3.05) is 0 Å². The first-order valence-electron chi connectivity index (χ1n) is 7.28. The Morgan fingerprint density at radius 2 is 1.92 bits per heavy atom. The van der Waals surface area contributed by atoms with Gasteiger partial charge in [0.1, 0.15) is 18.6 Å². The molecule has 1 N–H and O–H groups in total. The van der Waals surface area contributed by atoms with Crippen molar-refractivity contribution >= 4 is 0 Å². The lowest BCUT2D eigenvalue weighted by atomic mass is 9.89. The number of rotatable bonds is 2. The third-order valence-corrected chi connectivity index (χ3v) is 4.28. The Morgan fingerprint density at radius 3 is 2.52 bits per heavy atom. The normalized spacial score (nSPS) is 19.8. The van der Waals surface area contributed by atoms with Gasteiger partial charge in [0.2, 0.25) is 0 Å². The maximum atomic E-state index is 13.7. The number of halogens is 7. The molecule has 0 radical (unpaired) electrons. The second-order valence-electron chi connectivity index (χ2n) is 5.84. The van der Waals surface area contributed by atoms with Crippen molar-refractivity contribution in [2.24, 2.45) is 0 Å². The first kappa shape index (κ1) is 17.8. The van der Waals surface area contributed by atoms with Crippen LogP contribution in [0, 0.1) is 5.82 Å². The monoisotopic (exact) mass is 367 g/mol. The van der Waals surface area contributed by atoms with Gasteiger partial charge in [0, 0.05) is 35.1 Å². The van der Waals surface area contributed by atoms with Crippen molar-refractivity contribution in [1.29, 1.82) is 0 Å². The van der Waals surface area contributed by atoms with E-state index in [1.54, 1.807) is 0 Å². The largest absolute Gasteiger partial charge is 0.418 e. The summed E-state index contributed by atoms with van der Waals surface area (Å²) in [5, 5.41) is 9.76. The minimum atomic E-state index is -4.97. The predicted molar refractivity (Wildman–Crippen MR) is 73.8 cm³/mol. The van der Waals surface area contributed by atoms with Crippen LogP contribution in [0.1, 0.15) is 34.9 Å². The number of alkyl halides is 6. The van der Waals surface area contributed by atoms with E-state index in [1.165, 1.54) is 0 Å². The second-order valence-corrected chi connectivity index (χ2v) is 5.84. The third kappa shape index (κ3) is 2.90. The molecule has 1 aliphatic rings. The molecule has 0 amide bonds. The van der Waals surface area contributed by atoms with Gasteiger partial charge in [0.15, 0.2) is 0 Å². The van der Waals surface area contributed by atoms with Crippen LogP contribution in [-0.4, -0.2) is 15.6 Å². The summed E-state index contributed by atoms with van der Waals surface area (Å²) in [7, 11) is 0. The molecule has 25 heavy (non-hydrogen) atoms. The van der Waals surface area contributed by atoms with Gasteiger partial charge < -0.3 is 9.67 Å². The average molecular weight is 367 g/mol. The maximum absolute atomic E-state index is 13.7. The van der Waals surface area contributed by atoms with Gasteiger partial charge in [0.05, 0.1) is 5.56 Å². The quantitative estimate of drug-likeness (QED) is 0.764. The molecule has 136 valence electrons. The van der Waals surface area contributed by atoms with Crippen molar-refractivity contribution in [3.63, 3.8) is 0 Å². The standard InChI is InChI=1S/C16H12F7NO/c17-6-8-5-9(1-2-11(8)18)24-7-10(16(21,22)23)13-12(24)3-4-15(19,20)14(13)25/h1-2,5,7,14,25H,3-4,6H2. The van der Waals surface area contributed by atoms with Gasteiger partial charge >= 0.3 is 6.18 Å². The van der Waals surface area contributed by atoms with E-state index in [0.29, 0.717) is 6.20 Å². The van der Waals surface area contributed by atoms with E-state index < -0.39 is 54.7 Å². The summed E-state index contributed by atoms with van der Waals surface area (Å²) in [6, 6.07) is 3.01. The molecule has 0 aliphatic heterocycles. The number of fused-ring (bicyclic) bond motifs is 1. The number of hydrogen-bond donors (Lipinski definition) is 1. The lowest BCUT2D eigenvalue weighted by Crippen LogP contribution is -2.33. The molecule has 1 atom stereocenters. The van der Waals surface area contributed by atoms with Crippen LogP contribution in [0.3, 0.4) is 0 Å². The van der Waals surface area contributed by atoms with Crippen LogP contribution < -0.4 is 0 Å². The highest BCUT2D eigenvalue weighted by atomic mass is 19.4. The van der Waals surface area contributed by atoms with E-state index in [-0.39, 0.29) is 16.9 Å². The minimum Gasteiger partial charge on any atom is -0.382 e. The molecule has 0 bridgehead atoms. The van der Waals surface area contributed by atoms with Gasteiger partial charge in [-0.05, 0) is 24.6 Å².